The zero-order valence-corrected chi connectivity index (χ0v) is 22.6. The normalized spacial score (nSPS) is 16.7. The predicted octanol–water partition coefficient (Wildman–Crippen LogP) is 4.61. The van der Waals surface area contributed by atoms with E-state index in [1.165, 1.54) is 12.0 Å². The molecule has 1 aliphatic rings. The van der Waals surface area contributed by atoms with E-state index < -0.39 is 23.7 Å². The number of rotatable bonds is 7. The van der Waals surface area contributed by atoms with Crippen molar-refractivity contribution in [2.75, 3.05) is 18.6 Å². The van der Waals surface area contributed by atoms with Crippen molar-refractivity contribution in [3.8, 4) is 5.75 Å². The molecule has 39 heavy (non-hydrogen) atoms. The highest BCUT2D eigenvalue weighted by Crippen LogP contribution is 2.44. The standard InChI is InChI=1S/C28H26N4O6S/c1-5-13-38-18-10-8-9-17(14-18)22-20(23(33)21-15(2)29-19-11-6-7-12-31(19)21)24(34)26(35)32(22)28-30-16(3)25(39-28)27(36)37-4/h6-12,14,22,33H,5,13H2,1-4H3. The number of fused-ring (bicyclic) bond motifs is 1. The number of carbonyl (C=O) groups excluding carboxylic acids is 3. The molecule has 0 radical (unpaired) electrons. The molecule has 11 heteroatoms. The maximum absolute atomic E-state index is 13.6. The molecule has 1 unspecified atom stereocenters. The summed E-state index contributed by atoms with van der Waals surface area (Å²) >= 11 is 0.943. The molecule has 4 heterocycles. The molecule has 0 saturated carbocycles. The van der Waals surface area contributed by atoms with Gasteiger partial charge < -0.3 is 14.6 Å². The number of methoxy groups -OCH3 is 1. The third kappa shape index (κ3) is 4.44. The summed E-state index contributed by atoms with van der Waals surface area (Å²) < 4.78 is 12.3. The molecule has 10 nitrogen and oxygen atoms in total. The zero-order valence-electron chi connectivity index (χ0n) is 21.8. The number of anilines is 1. The van der Waals surface area contributed by atoms with Crippen LogP contribution in [0.15, 0.2) is 54.2 Å². The van der Waals surface area contributed by atoms with Gasteiger partial charge in [-0.25, -0.2) is 14.8 Å². The lowest BCUT2D eigenvalue weighted by atomic mass is 9.96. The molecule has 1 aliphatic heterocycles. The maximum Gasteiger partial charge on any atom is 0.350 e. The van der Waals surface area contributed by atoms with Crippen molar-refractivity contribution in [1.82, 2.24) is 14.4 Å². The first-order valence-corrected chi connectivity index (χ1v) is 13.1. The van der Waals surface area contributed by atoms with Crippen LogP contribution in [0.3, 0.4) is 0 Å². The first-order valence-electron chi connectivity index (χ1n) is 12.3. The Hall–Kier alpha value is -4.51. The average Bonchev–Trinajstić information content (AvgIpc) is 3.57. The van der Waals surface area contributed by atoms with E-state index in [9.17, 15) is 19.5 Å². The fraction of sp³-hybridized carbons (Fsp3) is 0.250. The monoisotopic (exact) mass is 546 g/mol. The Morgan fingerprint density at radius 1 is 1.10 bits per heavy atom. The van der Waals surface area contributed by atoms with Crippen molar-refractivity contribution in [2.45, 2.75) is 33.2 Å². The van der Waals surface area contributed by atoms with Gasteiger partial charge in [-0.1, -0.05) is 36.5 Å². The Bertz CT molecular complexity index is 1650. The zero-order chi connectivity index (χ0) is 27.8. The van der Waals surface area contributed by atoms with Crippen LogP contribution in [0.2, 0.25) is 0 Å². The van der Waals surface area contributed by atoms with Gasteiger partial charge in [0.15, 0.2) is 10.9 Å². The third-order valence-corrected chi connectivity index (χ3v) is 7.52. The lowest BCUT2D eigenvalue weighted by molar-refractivity contribution is -0.132. The maximum atomic E-state index is 13.6. The molecule has 4 aromatic rings. The number of hydrogen-bond acceptors (Lipinski definition) is 9. The minimum Gasteiger partial charge on any atom is -0.505 e. The summed E-state index contributed by atoms with van der Waals surface area (Å²) in [7, 11) is 1.26. The Morgan fingerprint density at radius 2 is 1.90 bits per heavy atom. The highest BCUT2D eigenvalue weighted by molar-refractivity contribution is 7.17. The number of esters is 1. The Balaban J connectivity index is 1.75. The number of nitrogens with zero attached hydrogens (tertiary/aromatic N) is 4. The van der Waals surface area contributed by atoms with Gasteiger partial charge in [0.2, 0.25) is 0 Å². The molecule has 1 N–H and O–H groups in total. The second kappa shape index (κ2) is 10.3. The smallest absolute Gasteiger partial charge is 0.350 e. The molecule has 1 amide bonds. The van der Waals surface area contributed by atoms with E-state index in [-0.39, 0.29) is 21.3 Å². The van der Waals surface area contributed by atoms with Crippen molar-refractivity contribution >= 4 is 45.5 Å². The second-order valence-corrected chi connectivity index (χ2v) is 9.94. The van der Waals surface area contributed by atoms with Crippen LogP contribution in [0, 0.1) is 13.8 Å². The van der Waals surface area contributed by atoms with E-state index in [1.54, 1.807) is 60.8 Å². The van der Waals surface area contributed by atoms with Gasteiger partial charge >= 0.3 is 11.9 Å². The van der Waals surface area contributed by atoms with Crippen LogP contribution >= 0.6 is 11.3 Å². The minimum atomic E-state index is -1.04. The van der Waals surface area contributed by atoms with Crippen molar-refractivity contribution in [3.63, 3.8) is 0 Å². The molecule has 200 valence electrons. The fourth-order valence-corrected chi connectivity index (χ4v) is 5.65. The quantitative estimate of drug-likeness (QED) is 0.154. The Morgan fingerprint density at radius 3 is 2.64 bits per heavy atom. The number of aliphatic hydroxyl groups excluding tert-OH is 1. The molecule has 1 aromatic carbocycles. The lowest BCUT2D eigenvalue weighted by Crippen LogP contribution is -2.29. The molecule has 3 aromatic heterocycles. The van der Waals surface area contributed by atoms with Crippen molar-refractivity contribution in [1.29, 1.82) is 0 Å². The molecule has 1 atom stereocenters. The largest absolute Gasteiger partial charge is 0.505 e. The summed E-state index contributed by atoms with van der Waals surface area (Å²) in [4.78, 5) is 49.8. The first-order chi connectivity index (χ1) is 18.8. The van der Waals surface area contributed by atoms with Gasteiger partial charge in [0.05, 0.1) is 36.7 Å². The molecule has 0 spiro atoms. The minimum absolute atomic E-state index is 0.117. The van der Waals surface area contributed by atoms with E-state index in [0.29, 0.717) is 40.6 Å². The van der Waals surface area contributed by atoms with E-state index in [0.717, 1.165) is 17.8 Å². The van der Waals surface area contributed by atoms with E-state index in [1.807, 2.05) is 13.0 Å². The predicted molar refractivity (Wildman–Crippen MR) is 145 cm³/mol. The van der Waals surface area contributed by atoms with Gasteiger partial charge in [-0.15, -0.1) is 0 Å². The van der Waals surface area contributed by atoms with Gasteiger partial charge in [0.1, 0.15) is 22.0 Å². The van der Waals surface area contributed by atoms with E-state index >= 15 is 0 Å². The lowest BCUT2D eigenvalue weighted by Gasteiger charge is -2.23. The number of amides is 1. The van der Waals surface area contributed by atoms with E-state index in [2.05, 4.69) is 9.97 Å². The van der Waals surface area contributed by atoms with Crippen molar-refractivity contribution < 1.29 is 29.0 Å². The molecule has 1 saturated heterocycles. The van der Waals surface area contributed by atoms with Gasteiger partial charge in [0, 0.05) is 6.20 Å². The molecular formula is C28H26N4O6S. The van der Waals surface area contributed by atoms with Gasteiger partial charge in [0.25, 0.3) is 5.78 Å². The number of Topliss-reactive ketones (excluding diaryl/α,β-unsaturated/α-hetero) is 1. The van der Waals surface area contributed by atoms with Gasteiger partial charge in [-0.2, -0.15) is 0 Å². The van der Waals surface area contributed by atoms with Gasteiger partial charge in [-0.05, 0) is 50.1 Å². The number of aliphatic hydroxyl groups is 1. The topological polar surface area (TPSA) is 123 Å². The van der Waals surface area contributed by atoms with E-state index in [4.69, 9.17) is 9.47 Å². The number of hydrogen-bond donors (Lipinski definition) is 1. The third-order valence-electron chi connectivity index (χ3n) is 6.38. The first kappa shape index (κ1) is 26.1. The molecule has 1 fully saturated rings. The summed E-state index contributed by atoms with van der Waals surface area (Å²) in [6.07, 6.45) is 2.52. The summed E-state index contributed by atoms with van der Waals surface area (Å²) in [5.41, 5.74) is 2.15. The SMILES string of the molecule is CCCOc1cccc(C2C(=C(O)c3c(C)nc4ccccn34)C(=O)C(=O)N2c2nc(C)c(C(=O)OC)s2)c1. The molecule has 0 bridgehead atoms. The highest BCUT2D eigenvalue weighted by Gasteiger charge is 2.49. The molecule has 5 rings (SSSR count). The van der Waals surface area contributed by atoms with Crippen LogP contribution in [-0.4, -0.2) is 50.9 Å². The number of imidazole rings is 1. The fourth-order valence-electron chi connectivity index (χ4n) is 4.63. The average molecular weight is 547 g/mol. The summed E-state index contributed by atoms with van der Waals surface area (Å²) in [5, 5.41) is 11.8. The van der Waals surface area contributed by atoms with Crippen LogP contribution in [0.5, 0.6) is 5.75 Å². The van der Waals surface area contributed by atoms with Crippen LogP contribution in [-0.2, 0) is 14.3 Å². The number of aryl methyl sites for hydroxylation is 2. The molecule has 0 aliphatic carbocycles. The number of ether oxygens (including phenoxy) is 2. The number of aromatic nitrogens is 3. The van der Waals surface area contributed by atoms with Crippen LogP contribution in [0.4, 0.5) is 5.13 Å². The summed E-state index contributed by atoms with van der Waals surface area (Å²) in [6, 6.07) is 11.4. The Labute approximate surface area is 228 Å². The Kier molecular flexibility index (Phi) is 6.92. The van der Waals surface area contributed by atoms with Crippen LogP contribution < -0.4 is 9.64 Å². The number of ketones is 1. The van der Waals surface area contributed by atoms with Crippen molar-refractivity contribution in [2.24, 2.45) is 0 Å². The number of benzene rings is 1. The molecular weight excluding hydrogens is 520 g/mol. The number of pyridine rings is 1. The number of thiazole rings is 1. The number of carbonyl (C=O) groups is 3. The summed E-state index contributed by atoms with van der Waals surface area (Å²) in [5.74, 6) is -2.16. The van der Waals surface area contributed by atoms with Crippen LogP contribution in [0.25, 0.3) is 11.4 Å². The summed E-state index contributed by atoms with van der Waals surface area (Å²) in [6.45, 7) is 5.82. The van der Waals surface area contributed by atoms with Crippen LogP contribution in [0.1, 0.15) is 51.7 Å². The second-order valence-electron chi connectivity index (χ2n) is 8.97. The van der Waals surface area contributed by atoms with Crippen molar-refractivity contribution in [3.05, 3.63) is 81.8 Å². The van der Waals surface area contributed by atoms with Gasteiger partial charge in [-0.3, -0.25) is 18.9 Å². The highest BCUT2D eigenvalue weighted by atomic mass is 32.1.